The molecule has 5 nitrogen and oxygen atoms in total. The molecule has 1 amide bonds. The van der Waals surface area contributed by atoms with Crippen LogP contribution in [0, 0.1) is 0 Å². The molecule has 1 unspecified atom stereocenters. The lowest BCUT2D eigenvalue weighted by Crippen LogP contribution is -2.55. The summed E-state index contributed by atoms with van der Waals surface area (Å²) in [7, 11) is 1.79. The summed E-state index contributed by atoms with van der Waals surface area (Å²) in [5, 5.41) is 0. The van der Waals surface area contributed by atoms with Gasteiger partial charge < -0.3 is 15.4 Å². The Bertz CT molecular complexity index is 402. The van der Waals surface area contributed by atoms with Crippen molar-refractivity contribution < 1.29 is 9.53 Å². The number of carbonyl (C=O) groups excluding carboxylic acids is 1. The highest BCUT2D eigenvalue weighted by molar-refractivity contribution is 5.86. The minimum Gasteiger partial charge on any atom is -0.379 e. The maximum Gasteiger partial charge on any atom is 0.244 e. The minimum atomic E-state index is -0.826. The van der Waals surface area contributed by atoms with Gasteiger partial charge in [0.05, 0.1) is 6.61 Å². The van der Waals surface area contributed by atoms with Gasteiger partial charge in [-0.1, -0.05) is 0 Å². The van der Waals surface area contributed by atoms with Crippen LogP contribution in [0.2, 0.25) is 0 Å². The maximum absolute atomic E-state index is 12.2. The lowest BCUT2D eigenvalue weighted by atomic mass is 9.98. The number of aromatic nitrogens is 1. The molecule has 0 aromatic carbocycles. The monoisotopic (exact) mass is 249 g/mol. The van der Waals surface area contributed by atoms with E-state index in [-0.39, 0.29) is 5.91 Å². The number of amides is 1. The van der Waals surface area contributed by atoms with Gasteiger partial charge >= 0.3 is 0 Å². The number of ether oxygens (including phenoxy) is 1. The van der Waals surface area contributed by atoms with Crippen molar-refractivity contribution in [2.24, 2.45) is 5.73 Å². The van der Waals surface area contributed by atoms with E-state index in [1.807, 2.05) is 12.1 Å². The Labute approximate surface area is 107 Å². The van der Waals surface area contributed by atoms with E-state index >= 15 is 0 Å². The van der Waals surface area contributed by atoms with Crippen LogP contribution in [-0.2, 0) is 16.0 Å². The Hall–Kier alpha value is -1.46. The molecule has 1 aromatic rings. The third kappa shape index (κ3) is 2.86. The van der Waals surface area contributed by atoms with Crippen LogP contribution in [0.25, 0.3) is 0 Å². The largest absolute Gasteiger partial charge is 0.379 e. The highest BCUT2D eigenvalue weighted by atomic mass is 16.5. The van der Waals surface area contributed by atoms with Crippen LogP contribution in [0.4, 0.5) is 0 Å². The second kappa shape index (κ2) is 5.46. The summed E-state index contributed by atoms with van der Waals surface area (Å²) in [5.74, 6) is -0.0333. The Morgan fingerprint density at radius 3 is 2.89 bits per heavy atom. The summed E-state index contributed by atoms with van der Waals surface area (Å²) in [6.07, 6.45) is 4.92. The van der Waals surface area contributed by atoms with E-state index < -0.39 is 5.54 Å². The van der Waals surface area contributed by atoms with Gasteiger partial charge in [0, 0.05) is 32.6 Å². The molecule has 1 aliphatic heterocycles. The summed E-state index contributed by atoms with van der Waals surface area (Å²) in [6, 6.07) is 3.91. The van der Waals surface area contributed by atoms with Crippen LogP contribution in [0.15, 0.2) is 24.5 Å². The third-order valence-electron chi connectivity index (χ3n) is 3.31. The molecule has 0 bridgehead atoms. The summed E-state index contributed by atoms with van der Waals surface area (Å²) < 4.78 is 5.21. The highest BCUT2D eigenvalue weighted by Crippen LogP contribution is 2.18. The average Bonchev–Trinajstić information content (AvgIpc) is 2.84. The fourth-order valence-corrected chi connectivity index (χ4v) is 2.08. The number of carbonyl (C=O) groups is 1. The first kappa shape index (κ1) is 13.0. The fourth-order valence-electron chi connectivity index (χ4n) is 2.08. The molecular formula is C13H19N3O2. The lowest BCUT2D eigenvalue weighted by Gasteiger charge is -2.27. The van der Waals surface area contributed by atoms with Gasteiger partial charge in [-0.05, 0) is 30.5 Å². The first-order chi connectivity index (χ1) is 8.62. The Morgan fingerprint density at radius 2 is 2.28 bits per heavy atom. The van der Waals surface area contributed by atoms with Crippen LogP contribution in [0.1, 0.15) is 12.0 Å². The molecule has 18 heavy (non-hydrogen) atoms. The van der Waals surface area contributed by atoms with Gasteiger partial charge in [0.25, 0.3) is 0 Å². The lowest BCUT2D eigenvalue weighted by molar-refractivity contribution is -0.135. The molecule has 2 N–H and O–H groups in total. The van der Waals surface area contributed by atoms with Crippen LogP contribution in [0.3, 0.4) is 0 Å². The van der Waals surface area contributed by atoms with Crippen LogP contribution >= 0.6 is 0 Å². The number of nitrogens with two attached hydrogens (primary N) is 1. The smallest absolute Gasteiger partial charge is 0.244 e. The molecule has 1 aliphatic rings. The minimum absolute atomic E-state index is 0.0333. The van der Waals surface area contributed by atoms with Crippen molar-refractivity contribution in [1.29, 1.82) is 0 Å². The molecule has 0 aliphatic carbocycles. The molecule has 2 heterocycles. The molecule has 1 fully saturated rings. The van der Waals surface area contributed by atoms with E-state index in [1.54, 1.807) is 24.3 Å². The number of nitrogens with zero attached hydrogens (tertiary/aromatic N) is 2. The SMILES string of the molecule is CN(CCc1ccncc1)C(=O)C1(N)CCOC1. The van der Waals surface area contributed by atoms with Crippen molar-refractivity contribution in [2.75, 3.05) is 26.8 Å². The van der Waals surface area contributed by atoms with Gasteiger partial charge in [-0.25, -0.2) is 0 Å². The summed E-state index contributed by atoms with van der Waals surface area (Å²) >= 11 is 0. The van der Waals surface area contributed by atoms with Crippen molar-refractivity contribution in [3.8, 4) is 0 Å². The number of hydrogen-bond acceptors (Lipinski definition) is 4. The van der Waals surface area contributed by atoms with E-state index in [4.69, 9.17) is 10.5 Å². The van der Waals surface area contributed by atoms with Gasteiger partial charge in [-0.15, -0.1) is 0 Å². The van der Waals surface area contributed by atoms with Crippen molar-refractivity contribution >= 4 is 5.91 Å². The summed E-state index contributed by atoms with van der Waals surface area (Å²) in [6.45, 7) is 1.55. The summed E-state index contributed by atoms with van der Waals surface area (Å²) in [5.41, 5.74) is 6.39. The van der Waals surface area contributed by atoms with Crippen molar-refractivity contribution in [2.45, 2.75) is 18.4 Å². The number of hydrogen-bond donors (Lipinski definition) is 1. The van der Waals surface area contributed by atoms with E-state index in [0.717, 1.165) is 6.42 Å². The molecule has 0 saturated carbocycles. The Kier molecular flexibility index (Phi) is 3.93. The van der Waals surface area contributed by atoms with Crippen LogP contribution in [0.5, 0.6) is 0 Å². The van der Waals surface area contributed by atoms with Crippen molar-refractivity contribution in [1.82, 2.24) is 9.88 Å². The predicted octanol–water partition coefficient (Wildman–Crippen LogP) is 0.200. The fraction of sp³-hybridized carbons (Fsp3) is 0.538. The Morgan fingerprint density at radius 1 is 1.56 bits per heavy atom. The topological polar surface area (TPSA) is 68.5 Å². The van der Waals surface area contributed by atoms with Gasteiger partial charge in [-0.2, -0.15) is 0 Å². The average molecular weight is 249 g/mol. The molecule has 98 valence electrons. The molecule has 0 spiro atoms. The zero-order valence-electron chi connectivity index (χ0n) is 10.6. The van der Waals surface area contributed by atoms with E-state index in [9.17, 15) is 4.79 Å². The van der Waals surface area contributed by atoms with Crippen LogP contribution in [-0.4, -0.2) is 48.1 Å². The van der Waals surface area contributed by atoms with Gasteiger partial charge in [-0.3, -0.25) is 9.78 Å². The quantitative estimate of drug-likeness (QED) is 0.827. The molecule has 5 heteroatoms. The first-order valence-electron chi connectivity index (χ1n) is 6.13. The molecule has 1 aromatic heterocycles. The second-order valence-electron chi connectivity index (χ2n) is 4.79. The molecular weight excluding hydrogens is 230 g/mol. The molecule has 1 atom stereocenters. The van der Waals surface area contributed by atoms with E-state index in [0.29, 0.717) is 26.2 Å². The first-order valence-corrected chi connectivity index (χ1v) is 6.13. The van der Waals surface area contributed by atoms with Gasteiger partial charge in [0.1, 0.15) is 5.54 Å². The van der Waals surface area contributed by atoms with Gasteiger partial charge in [0.15, 0.2) is 0 Å². The number of pyridine rings is 1. The van der Waals surface area contributed by atoms with E-state index in [1.165, 1.54) is 5.56 Å². The molecule has 1 saturated heterocycles. The summed E-state index contributed by atoms with van der Waals surface area (Å²) in [4.78, 5) is 17.9. The normalized spacial score (nSPS) is 23.0. The number of likely N-dealkylation sites (N-methyl/N-ethyl adjacent to an activating group) is 1. The van der Waals surface area contributed by atoms with Crippen molar-refractivity contribution in [3.05, 3.63) is 30.1 Å². The zero-order chi connectivity index (χ0) is 13.0. The standard InChI is InChI=1S/C13H19N3O2/c1-16(8-4-11-2-6-15-7-3-11)12(17)13(14)5-9-18-10-13/h2-3,6-7H,4-5,8-10,14H2,1H3. The molecule has 2 rings (SSSR count). The molecule has 0 radical (unpaired) electrons. The predicted molar refractivity (Wildman–Crippen MR) is 67.9 cm³/mol. The van der Waals surface area contributed by atoms with E-state index in [2.05, 4.69) is 4.98 Å². The van der Waals surface area contributed by atoms with Gasteiger partial charge in [0.2, 0.25) is 5.91 Å². The zero-order valence-corrected chi connectivity index (χ0v) is 10.6. The third-order valence-corrected chi connectivity index (χ3v) is 3.31. The second-order valence-corrected chi connectivity index (χ2v) is 4.79. The highest BCUT2D eigenvalue weighted by Gasteiger charge is 2.39. The van der Waals surface area contributed by atoms with Crippen LogP contribution < -0.4 is 5.73 Å². The maximum atomic E-state index is 12.2. The van der Waals surface area contributed by atoms with Crippen molar-refractivity contribution in [3.63, 3.8) is 0 Å². The Balaban J connectivity index is 1.88. The number of rotatable bonds is 4.